The van der Waals surface area contributed by atoms with Crippen molar-refractivity contribution >= 4 is 23.1 Å². The van der Waals surface area contributed by atoms with E-state index >= 15 is 0 Å². The number of hydrogen-bond donors (Lipinski definition) is 1. The molecule has 21 heavy (non-hydrogen) atoms. The molecule has 0 aromatic carbocycles. The average Bonchev–Trinajstić information content (AvgIpc) is 3.20. The number of carbonyl (C=O) groups excluding carboxylic acids is 1. The lowest BCUT2D eigenvalue weighted by molar-refractivity contribution is -0.116. The van der Waals surface area contributed by atoms with Gasteiger partial charge in [-0.25, -0.2) is 4.68 Å². The Morgan fingerprint density at radius 3 is 3.24 bits per heavy atom. The van der Waals surface area contributed by atoms with Gasteiger partial charge in [0, 0.05) is 31.6 Å². The highest BCUT2D eigenvalue weighted by molar-refractivity contribution is 7.07. The van der Waals surface area contributed by atoms with Crippen LogP contribution in [0.2, 0.25) is 0 Å². The number of hydrogen-bond acceptors (Lipinski definition) is 4. The quantitative estimate of drug-likeness (QED) is 0.892. The molecule has 5 nitrogen and oxygen atoms in total. The molecule has 2 aromatic rings. The van der Waals surface area contributed by atoms with Gasteiger partial charge in [0.05, 0.1) is 12.8 Å². The Labute approximate surface area is 127 Å². The van der Waals surface area contributed by atoms with E-state index in [-0.39, 0.29) is 5.91 Å². The SMILES string of the molecule is O=C(CCc1ccsc1)Nc1ccnn1CC1CCOC1. The second-order valence-electron chi connectivity index (χ2n) is 5.31. The number of carbonyl (C=O) groups is 1. The van der Waals surface area contributed by atoms with Crippen molar-refractivity contribution in [1.29, 1.82) is 0 Å². The lowest BCUT2D eigenvalue weighted by Crippen LogP contribution is -2.19. The van der Waals surface area contributed by atoms with Gasteiger partial charge in [-0.15, -0.1) is 0 Å². The molecule has 0 spiro atoms. The minimum Gasteiger partial charge on any atom is -0.381 e. The Hall–Kier alpha value is -1.66. The number of nitrogens with one attached hydrogen (secondary N) is 1. The zero-order valence-electron chi connectivity index (χ0n) is 11.8. The molecular weight excluding hydrogens is 286 g/mol. The van der Waals surface area contributed by atoms with Gasteiger partial charge in [0.1, 0.15) is 5.82 Å². The number of ether oxygens (including phenoxy) is 1. The third-order valence-electron chi connectivity index (χ3n) is 3.66. The fourth-order valence-corrected chi connectivity index (χ4v) is 3.16. The third kappa shape index (κ3) is 3.92. The van der Waals surface area contributed by atoms with Crippen LogP contribution in [-0.4, -0.2) is 28.9 Å². The van der Waals surface area contributed by atoms with Gasteiger partial charge in [0.25, 0.3) is 0 Å². The van der Waals surface area contributed by atoms with Crippen molar-refractivity contribution in [2.45, 2.75) is 25.8 Å². The lowest BCUT2D eigenvalue weighted by Gasteiger charge is -2.12. The molecule has 1 fully saturated rings. The van der Waals surface area contributed by atoms with Gasteiger partial charge in [-0.1, -0.05) is 0 Å². The topological polar surface area (TPSA) is 56.2 Å². The van der Waals surface area contributed by atoms with Crippen LogP contribution in [0, 0.1) is 5.92 Å². The number of amides is 1. The number of aromatic nitrogens is 2. The van der Waals surface area contributed by atoms with Gasteiger partial charge in [0.15, 0.2) is 0 Å². The van der Waals surface area contributed by atoms with Crippen LogP contribution in [-0.2, 0) is 22.5 Å². The maximum atomic E-state index is 12.0. The van der Waals surface area contributed by atoms with Crippen molar-refractivity contribution in [3.05, 3.63) is 34.7 Å². The molecule has 0 radical (unpaired) electrons. The van der Waals surface area contributed by atoms with Crippen molar-refractivity contribution in [1.82, 2.24) is 9.78 Å². The Morgan fingerprint density at radius 1 is 1.52 bits per heavy atom. The molecule has 1 N–H and O–H groups in total. The molecule has 1 unspecified atom stereocenters. The number of anilines is 1. The highest BCUT2D eigenvalue weighted by Gasteiger charge is 2.18. The molecule has 0 saturated carbocycles. The lowest BCUT2D eigenvalue weighted by atomic mass is 10.1. The zero-order chi connectivity index (χ0) is 14.5. The maximum absolute atomic E-state index is 12.0. The fourth-order valence-electron chi connectivity index (χ4n) is 2.45. The highest BCUT2D eigenvalue weighted by atomic mass is 32.1. The molecule has 1 aliphatic heterocycles. The monoisotopic (exact) mass is 305 g/mol. The van der Waals surface area contributed by atoms with Crippen LogP contribution >= 0.6 is 11.3 Å². The second-order valence-corrected chi connectivity index (χ2v) is 6.09. The second kappa shape index (κ2) is 6.87. The van der Waals surface area contributed by atoms with E-state index in [2.05, 4.69) is 21.9 Å². The summed E-state index contributed by atoms with van der Waals surface area (Å²) in [5, 5.41) is 11.4. The summed E-state index contributed by atoms with van der Waals surface area (Å²) in [5.74, 6) is 1.30. The molecule has 0 bridgehead atoms. The van der Waals surface area contributed by atoms with E-state index in [0.29, 0.717) is 12.3 Å². The van der Waals surface area contributed by atoms with Crippen LogP contribution in [0.1, 0.15) is 18.4 Å². The molecule has 6 heteroatoms. The number of thiophene rings is 1. The van der Waals surface area contributed by atoms with Gasteiger partial charge in [-0.3, -0.25) is 4.79 Å². The molecule has 1 saturated heterocycles. The van der Waals surface area contributed by atoms with Crippen LogP contribution in [0.25, 0.3) is 0 Å². The standard InChI is InChI=1S/C15H19N3O2S/c19-15(2-1-12-5-8-21-11-12)17-14-3-6-16-18(14)9-13-4-7-20-10-13/h3,5-6,8,11,13H,1-2,4,7,9-10H2,(H,17,19). The van der Waals surface area contributed by atoms with Crippen molar-refractivity contribution in [2.75, 3.05) is 18.5 Å². The summed E-state index contributed by atoms with van der Waals surface area (Å²) in [4.78, 5) is 12.0. The van der Waals surface area contributed by atoms with Crippen LogP contribution in [0.5, 0.6) is 0 Å². The molecule has 2 aromatic heterocycles. The summed E-state index contributed by atoms with van der Waals surface area (Å²) >= 11 is 1.66. The molecule has 0 aliphatic carbocycles. The fraction of sp³-hybridized carbons (Fsp3) is 0.467. The third-order valence-corrected chi connectivity index (χ3v) is 4.39. The first kappa shape index (κ1) is 14.3. The average molecular weight is 305 g/mol. The maximum Gasteiger partial charge on any atom is 0.225 e. The van der Waals surface area contributed by atoms with Crippen LogP contribution in [0.3, 0.4) is 0 Å². The predicted octanol–water partition coefficient (Wildman–Crippen LogP) is 2.55. The molecular formula is C15H19N3O2S. The Bertz CT molecular complexity index is 574. The predicted molar refractivity (Wildman–Crippen MR) is 82.4 cm³/mol. The van der Waals surface area contributed by atoms with E-state index in [1.165, 1.54) is 5.56 Å². The normalized spacial score (nSPS) is 18.0. The number of rotatable bonds is 6. The van der Waals surface area contributed by atoms with Gasteiger partial charge >= 0.3 is 0 Å². The van der Waals surface area contributed by atoms with Crippen LogP contribution in [0.15, 0.2) is 29.1 Å². The van der Waals surface area contributed by atoms with Gasteiger partial charge < -0.3 is 10.1 Å². The van der Waals surface area contributed by atoms with Crippen LogP contribution < -0.4 is 5.32 Å². The van der Waals surface area contributed by atoms with Crippen molar-refractivity contribution in [2.24, 2.45) is 5.92 Å². The Kier molecular flexibility index (Phi) is 4.67. The minimum atomic E-state index is 0.0330. The molecule has 1 amide bonds. The minimum absolute atomic E-state index is 0.0330. The van der Waals surface area contributed by atoms with E-state index < -0.39 is 0 Å². The summed E-state index contributed by atoms with van der Waals surface area (Å²) in [7, 11) is 0. The van der Waals surface area contributed by atoms with Crippen molar-refractivity contribution in [3.63, 3.8) is 0 Å². The molecule has 1 atom stereocenters. The van der Waals surface area contributed by atoms with E-state index in [9.17, 15) is 4.79 Å². The van der Waals surface area contributed by atoms with E-state index in [4.69, 9.17) is 4.74 Å². The number of nitrogens with zero attached hydrogens (tertiary/aromatic N) is 2. The zero-order valence-corrected chi connectivity index (χ0v) is 12.6. The highest BCUT2D eigenvalue weighted by Crippen LogP contribution is 2.17. The summed E-state index contributed by atoms with van der Waals surface area (Å²) in [5.41, 5.74) is 1.21. The van der Waals surface area contributed by atoms with E-state index in [1.807, 2.05) is 16.1 Å². The molecule has 3 rings (SSSR count). The van der Waals surface area contributed by atoms with Crippen molar-refractivity contribution in [3.8, 4) is 0 Å². The largest absolute Gasteiger partial charge is 0.381 e. The summed E-state index contributed by atoms with van der Waals surface area (Å²) in [6, 6.07) is 3.90. The summed E-state index contributed by atoms with van der Waals surface area (Å²) in [6.07, 6.45) is 4.06. The van der Waals surface area contributed by atoms with Gasteiger partial charge in [-0.2, -0.15) is 16.4 Å². The van der Waals surface area contributed by atoms with E-state index in [1.54, 1.807) is 17.5 Å². The first-order chi connectivity index (χ1) is 10.3. The van der Waals surface area contributed by atoms with Crippen LogP contribution in [0.4, 0.5) is 5.82 Å². The summed E-state index contributed by atoms with van der Waals surface area (Å²) in [6.45, 7) is 2.41. The molecule has 112 valence electrons. The molecule has 3 heterocycles. The molecule has 1 aliphatic rings. The van der Waals surface area contributed by atoms with Gasteiger partial charge in [-0.05, 0) is 35.2 Å². The van der Waals surface area contributed by atoms with Gasteiger partial charge in [0.2, 0.25) is 5.91 Å². The Balaban J connectivity index is 1.52. The first-order valence-corrected chi connectivity index (χ1v) is 8.16. The van der Waals surface area contributed by atoms with Crippen molar-refractivity contribution < 1.29 is 9.53 Å². The van der Waals surface area contributed by atoms with E-state index in [0.717, 1.165) is 38.4 Å². The summed E-state index contributed by atoms with van der Waals surface area (Å²) < 4.78 is 7.24. The first-order valence-electron chi connectivity index (χ1n) is 7.22. The Morgan fingerprint density at radius 2 is 2.48 bits per heavy atom. The number of aryl methyl sites for hydroxylation is 1. The smallest absolute Gasteiger partial charge is 0.225 e.